The van der Waals surface area contributed by atoms with Gasteiger partial charge in [-0.15, -0.1) is 0 Å². The Hall–Kier alpha value is 0.530. The fourth-order valence-corrected chi connectivity index (χ4v) is 3.01. The van der Waals surface area contributed by atoms with Gasteiger partial charge in [0.1, 0.15) is 6.49 Å². The van der Waals surface area contributed by atoms with Crippen molar-refractivity contribution in [1.29, 1.82) is 0 Å². The summed E-state index contributed by atoms with van der Waals surface area (Å²) in [7, 11) is 0. The van der Waals surface area contributed by atoms with E-state index in [-0.39, 0.29) is 0 Å². The Balaban J connectivity index is 3.75. The predicted octanol–water partition coefficient (Wildman–Crippen LogP) is 0.777. The zero-order valence-electron chi connectivity index (χ0n) is 6.72. The van der Waals surface area contributed by atoms with Crippen LogP contribution in [0.3, 0.4) is 0 Å². The molecule has 0 bridgehead atoms. The van der Waals surface area contributed by atoms with Crippen LogP contribution in [-0.4, -0.2) is 12.6 Å². The lowest BCUT2D eigenvalue weighted by Crippen LogP contribution is -2.31. The monoisotopic (exact) mass is 181 g/mol. The molecule has 3 nitrogen and oxygen atoms in total. The number of hydrogen-bond donors (Lipinski definition) is 3. The van der Waals surface area contributed by atoms with Crippen molar-refractivity contribution >= 4 is 18.3 Å². The van der Waals surface area contributed by atoms with Gasteiger partial charge in [0.2, 0.25) is 0 Å². The normalized spacial score (nSPS) is 17.3. The Morgan fingerprint density at radius 2 is 2.10 bits per heavy atom. The molecule has 0 saturated carbocycles. The van der Waals surface area contributed by atoms with Gasteiger partial charge in [-0.3, -0.25) is 15.7 Å². The molecule has 0 aromatic carbocycles. The third kappa shape index (κ3) is 5.33. The number of nitrogens with two attached hydrogens (primary N) is 1. The van der Waals surface area contributed by atoms with Gasteiger partial charge < -0.3 is 0 Å². The fraction of sp³-hybridized carbons (Fsp3) is 1.00. The number of rotatable bonds is 4. The van der Waals surface area contributed by atoms with Crippen LogP contribution in [0.2, 0.25) is 0 Å². The van der Waals surface area contributed by atoms with E-state index >= 15 is 0 Å². The molecule has 0 heterocycles. The molecule has 1 unspecified atom stereocenters. The first-order chi connectivity index (χ1) is 4.48. The summed E-state index contributed by atoms with van der Waals surface area (Å²) in [6, 6.07) is 0.356. The van der Waals surface area contributed by atoms with Crippen LogP contribution < -0.4 is 15.7 Å². The van der Waals surface area contributed by atoms with Gasteiger partial charge in [0.05, 0.1) is 0 Å². The summed E-state index contributed by atoms with van der Waals surface area (Å²) in [4.78, 5) is 0. The minimum atomic E-state index is -1.92. The highest BCUT2D eigenvalue weighted by atomic mass is 32.4. The Morgan fingerprint density at radius 3 is 2.40 bits per heavy atom. The largest absolute Gasteiger partial charge is 0.279 e. The van der Waals surface area contributed by atoms with Gasteiger partial charge in [0.25, 0.3) is 0 Å². The third-order valence-electron chi connectivity index (χ3n) is 0.843. The van der Waals surface area contributed by atoms with Gasteiger partial charge in [-0.1, -0.05) is 6.92 Å². The van der Waals surface area contributed by atoms with Gasteiger partial charge >= 0.3 is 0 Å². The second-order valence-electron chi connectivity index (χ2n) is 2.45. The van der Waals surface area contributed by atoms with Crippen molar-refractivity contribution in [2.24, 2.45) is 5.50 Å². The molecule has 0 radical (unpaired) electrons. The van der Waals surface area contributed by atoms with Crippen molar-refractivity contribution in [3.8, 4) is 0 Å². The number of hydrogen-bond acceptors (Lipinski definition) is 1. The smallest absolute Gasteiger partial charge is 0.135 e. The van der Waals surface area contributed by atoms with Gasteiger partial charge in [-0.25, -0.2) is 0 Å². The highest BCUT2D eigenvalue weighted by Gasteiger charge is 2.08. The second kappa shape index (κ2) is 4.42. The van der Waals surface area contributed by atoms with Crippen molar-refractivity contribution in [1.82, 2.24) is 10.2 Å². The van der Waals surface area contributed by atoms with Gasteiger partial charge in [-0.2, -0.15) is 0 Å². The van der Waals surface area contributed by atoms with E-state index in [4.69, 9.17) is 17.3 Å². The zero-order valence-corrected chi connectivity index (χ0v) is 8.43. The van der Waals surface area contributed by atoms with Crippen LogP contribution in [0.4, 0.5) is 0 Å². The summed E-state index contributed by atoms with van der Waals surface area (Å²) in [6.45, 7) is 4.97. The summed E-state index contributed by atoms with van der Waals surface area (Å²) in [5, 5.41) is 6.16. The molecular formula is C5H16N3PS. The first-order valence-corrected chi connectivity index (χ1v) is 6.26. The van der Waals surface area contributed by atoms with Crippen LogP contribution in [-0.2, 0) is 11.8 Å². The first-order valence-electron chi connectivity index (χ1n) is 3.39. The molecule has 0 aromatic heterocycles. The predicted molar refractivity (Wildman–Crippen MR) is 50.4 cm³/mol. The summed E-state index contributed by atoms with van der Waals surface area (Å²) in [5.41, 5.74) is 5.73. The van der Waals surface area contributed by atoms with Crippen LogP contribution in [0.5, 0.6) is 0 Å². The topological polar surface area (TPSA) is 50.1 Å². The third-order valence-corrected chi connectivity index (χ3v) is 3.23. The lowest BCUT2D eigenvalue weighted by atomic mass is 10.4. The van der Waals surface area contributed by atoms with Crippen LogP contribution in [0.1, 0.15) is 20.8 Å². The van der Waals surface area contributed by atoms with Crippen molar-refractivity contribution in [3.63, 3.8) is 0 Å². The van der Waals surface area contributed by atoms with Crippen molar-refractivity contribution < 1.29 is 0 Å². The maximum Gasteiger partial charge on any atom is 0.135 e. The first kappa shape index (κ1) is 10.5. The summed E-state index contributed by atoms with van der Waals surface area (Å²) >= 11 is 5.09. The lowest BCUT2D eigenvalue weighted by molar-refractivity contribution is 0.747. The Kier molecular flexibility index (Phi) is 4.65. The lowest BCUT2D eigenvalue weighted by Gasteiger charge is -2.20. The maximum absolute atomic E-state index is 5.73. The van der Waals surface area contributed by atoms with Crippen LogP contribution in [0, 0.1) is 0 Å². The van der Waals surface area contributed by atoms with E-state index < -0.39 is 6.49 Å². The zero-order chi connectivity index (χ0) is 8.20. The minimum Gasteiger partial charge on any atom is -0.279 e. The van der Waals surface area contributed by atoms with E-state index in [1.807, 2.05) is 20.8 Å². The van der Waals surface area contributed by atoms with Gasteiger partial charge in [0.15, 0.2) is 0 Å². The molecule has 0 spiro atoms. The Labute approximate surface area is 67.9 Å². The quantitative estimate of drug-likeness (QED) is 0.561. The van der Waals surface area contributed by atoms with E-state index in [2.05, 4.69) is 10.2 Å². The molecule has 0 aliphatic rings. The molecule has 10 heavy (non-hydrogen) atoms. The molecule has 0 aliphatic carbocycles. The van der Waals surface area contributed by atoms with Crippen LogP contribution in [0.25, 0.3) is 0 Å². The molecule has 0 saturated heterocycles. The van der Waals surface area contributed by atoms with E-state index in [0.29, 0.717) is 6.04 Å². The summed E-state index contributed by atoms with van der Waals surface area (Å²) in [6.07, 6.45) is 0. The van der Waals surface area contributed by atoms with E-state index in [1.165, 1.54) is 0 Å². The molecule has 0 aliphatic heterocycles. The average molecular weight is 181 g/mol. The SMILES string of the molecule is CCNP(N)(=S)NC(C)C. The Morgan fingerprint density at radius 1 is 1.60 bits per heavy atom. The molecule has 0 amide bonds. The van der Waals surface area contributed by atoms with Crippen LogP contribution in [0.15, 0.2) is 0 Å². The molecule has 1 atom stereocenters. The highest BCUT2D eigenvalue weighted by Crippen LogP contribution is 2.24. The van der Waals surface area contributed by atoms with Crippen molar-refractivity contribution in [2.45, 2.75) is 26.8 Å². The molecule has 4 N–H and O–H groups in total. The fourth-order valence-electron chi connectivity index (χ4n) is 0.664. The van der Waals surface area contributed by atoms with E-state index in [9.17, 15) is 0 Å². The van der Waals surface area contributed by atoms with Gasteiger partial charge in [0, 0.05) is 6.04 Å². The van der Waals surface area contributed by atoms with Crippen molar-refractivity contribution in [2.75, 3.05) is 6.54 Å². The molecule has 0 aromatic rings. The summed E-state index contributed by atoms with van der Waals surface area (Å²) < 4.78 is 0. The van der Waals surface area contributed by atoms with E-state index in [1.54, 1.807) is 0 Å². The van der Waals surface area contributed by atoms with E-state index in [0.717, 1.165) is 6.54 Å². The van der Waals surface area contributed by atoms with Crippen molar-refractivity contribution in [3.05, 3.63) is 0 Å². The second-order valence-corrected chi connectivity index (χ2v) is 6.07. The molecule has 0 fully saturated rings. The molecule has 5 heteroatoms. The number of nitrogens with one attached hydrogen (secondary N) is 2. The van der Waals surface area contributed by atoms with Crippen LogP contribution >= 0.6 is 6.49 Å². The summed E-state index contributed by atoms with van der Waals surface area (Å²) in [5.74, 6) is 0. The average Bonchev–Trinajstić information content (AvgIpc) is 1.59. The minimum absolute atomic E-state index is 0.356. The van der Waals surface area contributed by atoms with Gasteiger partial charge in [-0.05, 0) is 32.2 Å². The highest BCUT2D eigenvalue weighted by molar-refractivity contribution is 8.11. The standard InChI is InChI=1S/C5H16N3PS/c1-4-7-9(6,10)8-5(2)3/h5H,4H2,1-3H3,(H4,6,7,8,10). The molecule has 0 rings (SSSR count). The molecular weight excluding hydrogens is 165 g/mol. The Bertz CT molecular complexity index is 137. The maximum atomic E-state index is 5.73. The molecule has 62 valence electrons.